The van der Waals surface area contributed by atoms with Gasteiger partial charge in [0.05, 0.1) is 5.69 Å². The summed E-state index contributed by atoms with van der Waals surface area (Å²) < 4.78 is 0. The van der Waals surface area contributed by atoms with E-state index in [1.807, 2.05) is 12.3 Å². The Bertz CT molecular complexity index is 409. The molecule has 1 nitrogen and oxygen atoms in total. The number of hydrogen-bond donors (Lipinski definition) is 0. The second-order valence-electron chi connectivity index (χ2n) is 5.43. The van der Waals surface area contributed by atoms with Crippen LogP contribution in [0.25, 0.3) is 0 Å². The molecule has 1 aromatic rings. The second-order valence-corrected chi connectivity index (χ2v) is 5.43. The summed E-state index contributed by atoms with van der Waals surface area (Å²) in [6.07, 6.45) is 11.7. The first-order valence-corrected chi connectivity index (χ1v) is 5.82. The van der Waals surface area contributed by atoms with Crippen LogP contribution in [0, 0.1) is 5.41 Å². The lowest BCUT2D eigenvalue weighted by atomic mass is 9.61. The van der Waals surface area contributed by atoms with E-state index >= 15 is 0 Å². The summed E-state index contributed by atoms with van der Waals surface area (Å²) in [7, 11) is 0. The Balaban J connectivity index is 2.52. The summed E-state index contributed by atoms with van der Waals surface area (Å²) in [6.45, 7) is 6.85. The first-order chi connectivity index (χ1) is 7.56. The Labute approximate surface area is 97.9 Å². The van der Waals surface area contributed by atoms with Crippen LogP contribution in [-0.4, -0.2) is 4.98 Å². The third kappa shape index (κ3) is 1.71. The fraction of sp³-hybridized carbons (Fsp3) is 0.400. The fourth-order valence-electron chi connectivity index (χ4n) is 2.38. The second kappa shape index (κ2) is 3.89. The number of hydrogen-bond acceptors (Lipinski definition) is 1. The van der Waals surface area contributed by atoms with Gasteiger partial charge in [-0.1, -0.05) is 51.1 Å². The van der Waals surface area contributed by atoms with Crippen molar-refractivity contribution in [1.82, 2.24) is 4.98 Å². The van der Waals surface area contributed by atoms with Crippen LogP contribution in [0.3, 0.4) is 0 Å². The lowest BCUT2D eigenvalue weighted by Gasteiger charge is -2.43. The van der Waals surface area contributed by atoms with Gasteiger partial charge in [-0.15, -0.1) is 0 Å². The molecule has 1 aliphatic carbocycles. The molecule has 2 rings (SSSR count). The third-order valence-electron chi connectivity index (χ3n) is 3.53. The summed E-state index contributed by atoms with van der Waals surface area (Å²) in [6, 6.07) is 6.18. The molecule has 0 saturated heterocycles. The highest BCUT2D eigenvalue weighted by Crippen LogP contribution is 2.46. The average molecular weight is 213 g/mol. The minimum Gasteiger partial charge on any atom is -0.260 e. The van der Waals surface area contributed by atoms with Gasteiger partial charge in [-0.25, -0.2) is 0 Å². The molecule has 0 radical (unpaired) electrons. The molecule has 0 bridgehead atoms. The van der Waals surface area contributed by atoms with Crippen LogP contribution in [0.2, 0.25) is 0 Å². The summed E-state index contributed by atoms with van der Waals surface area (Å²) in [4.78, 5) is 4.56. The largest absolute Gasteiger partial charge is 0.260 e. The predicted octanol–water partition coefficient (Wildman–Crippen LogP) is 3.88. The number of nitrogens with zero attached hydrogens (tertiary/aromatic N) is 1. The maximum atomic E-state index is 4.56. The van der Waals surface area contributed by atoms with E-state index in [1.54, 1.807) is 0 Å². The summed E-state index contributed by atoms with van der Waals surface area (Å²) in [5, 5.41) is 0. The van der Waals surface area contributed by atoms with Crippen LogP contribution in [0.15, 0.2) is 48.7 Å². The van der Waals surface area contributed by atoms with Gasteiger partial charge in [-0.2, -0.15) is 0 Å². The molecule has 0 aliphatic heterocycles. The van der Waals surface area contributed by atoms with E-state index in [9.17, 15) is 0 Å². The van der Waals surface area contributed by atoms with Gasteiger partial charge in [0.15, 0.2) is 0 Å². The number of allylic oxidation sites excluding steroid dienone is 4. The van der Waals surface area contributed by atoms with E-state index in [0.29, 0.717) is 0 Å². The zero-order valence-corrected chi connectivity index (χ0v) is 10.3. The van der Waals surface area contributed by atoms with E-state index in [0.717, 1.165) is 6.42 Å². The predicted molar refractivity (Wildman–Crippen MR) is 68.3 cm³/mol. The Morgan fingerprint density at radius 3 is 2.50 bits per heavy atom. The quantitative estimate of drug-likeness (QED) is 0.690. The van der Waals surface area contributed by atoms with E-state index < -0.39 is 0 Å². The van der Waals surface area contributed by atoms with Crippen LogP contribution in [0.4, 0.5) is 0 Å². The Hall–Kier alpha value is -1.37. The standard InChI is InChI=1S/C15H19N/c1-14(2,3)15(10-6-4-7-11-15)13-9-5-8-12-16-13/h4-10,12H,11H2,1-3H3. The van der Waals surface area contributed by atoms with Gasteiger partial charge in [0, 0.05) is 11.6 Å². The van der Waals surface area contributed by atoms with Gasteiger partial charge in [-0.3, -0.25) is 4.98 Å². The van der Waals surface area contributed by atoms with Crippen LogP contribution in [0.1, 0.15) is 32.9 Å². The van der Waals surface area contributed by atoms with Crippen LogP contribution >= 0.6 is 0 Å². The Morgan fingerprint density at radius 2 is 2.00 bits per heavy atom. The fourth-order valence-corrected chi connectivity index (χ4v) is 2.38. The molecule has 1 atom stereocenters. The van der Waals surface area contributed by atoms with Gasteiger partial charge in [0.2, 0.25) is 0 Å². The Morgan fingerprint density at radius 1 is 1.19 bits per heavy atom. The lowest BCUT2D eigenvalue weighted by Crippen LogP contribution is -2.39. The Kier molecular flexibility index (Phi) is 2.71. The molecule has 0 aromatic carbocycles. The minimum atomic E-state index is 0.0308. The van der Waals surface area contributed by atoms with E-state index in [2.05, 4.69) is 62.2 Å². The molecular weight excluding hydrogens is 194 g/mol. The SMILES string of the molecule is CC(C)(C)C1(c2ccccn2)C=CC=CC1. The molecule has 84 valence electrons. The van der Waals surface area contributed by atoms with Crippen LogP contribution < -0.4 is 0 Å². The molecule has 1 heterocycles. The van der Waals surface area contributed by atoms with Crippen molar-refractivity contribution >= 4 is 0 Å². The highest BCUT2D eigenvalue weighted by Gasteiger charge is 2.41. The first-order valence-electron chi connectivity index (χ1n) is 5.82. The number of rotatable bonds is 1. The molecule has 1 heteroatoms. The van der Waals surface area contributed by atoms with E-state index in [4.69, 9.17) is 0 Å². The van der Waals surface area contributed by atoms with Gasteiger partial charge in [0.25, 0.3) is 0 Å². The smallest absolute Gasteiger partial charge is 0.0511 e. The van der Waals surface area contributed by atoms with E-state index in [-0.39, 0.29) is 10.8 Å². The maximum Gasteiger partial charge on any atom is 0.0511 e. The van der Waals surface area contributed by atoms with Crippen molar-refractivity contribution in [3.63, 3.8) is 0 Å². The normalized spacial score (nSPS) is 24.7. The topological polar surface area (TPSA) is 12.9 Å². The van der Waals surface area contributed by atoms with Crippen LogP contribution in [-0.2, 0) is 5.41 Å². The minimum absolute atomic E-state index is 0.0308. The molecule has 0 N–H and O–H groups in total. The van der Waals surface area contributed by atoms with Gasteiger partial charge in [-0.05, 0) is 24.0 Å². The number of aromatic nitrogens is 1. The van der Waals surface area contributed by atoms with Crippen molar-refractivity contribution in [2.75, 3.05) is 0 Å². The maximum absolute atomic E-state index is 4.56. The van der Waals surface area contributed by atoms with Crippen molar-refractivity contribution < 1.29 is 0 Å². The highest BCUT2D eigenvalue weighted by atomic mass is 14.7. The summed E-state index contributed by atoms with van der Waals surface area (Å²) in [5.41, 5.74) is 1.37. The van der Waals surface area contributed by atoms with Gasteiger partial charge in [0.1, 0.15) is 0 Å². The van der Waals surface area contributed by atoms with Crippen molar-refractivity contribution in [1.29, 1.82) is 0 Å². The zero-order chi connectivity index (χ0) is 11.6. The molecule has 0 amide bonds. The zero-order valence-electron chi connectivity index (χ0n) is 10.3. The molecule has 0 saturated carbocycles. The van der Waals surface area contributed by atoms with Crippen molar-refractivity contribution in [2.24, 2.45) is 5.41 Å². The monoisotopic (exact) mass is 213 g/mol. The first kappa shape index (κ1) is 11.1. The van der Waals surface area contributed by atoms with Crippen LogP contribution in [0.5, 0.6) is 0 Å². The van der Waals surface area contributed by atoms with Gasteiger partial charge < -0.3 is 0 Å². The molecule has 1 aromatic heterocycles. The molecule has 1 aliphatic rings. The lowest BCUT2D eigenvalue weighted by molar-refractivity contribution is 0.231. The molecule has 1 unspecified atom stereocenters. The van der Waals surface area contributed by atoms with Crippen molar-refractivity contribution in [3.8, 4) is 0 Å². The average Bonchev–Trinajstić information content (AvgIpc) is 2.30. The van der Waals surface area contributed by atoms with Gasteiger partial charge >= 0.3 is 0 Å². The molecule has 16 heavy (non-hydrogen) atoms. The summed E-state index contributed by atoms with van der Waals surface area (Å²) >= 11 is 0. The highest BCUT2D eigenvalue weighted by molar-refractivity contribution is 5.34. The molecular formula is C15H19N. The molecule has 0 fully saturated rings. The van der Waals surface area contributed by atoms with Crippen molar-refractivity contribution in [3.05, 3.63) is 54.4 Å². The summed E-state index contributed by atoms with van der Waals surface area (Å²) in [5.74, 6) is 0. The molecule has 0 spiro atoms. The van der Waals surface area contributed by atoms with E-state index in [1.165, 1.54) is 5.69 Å². The van der Waals surface area contributed by atoms with Crippen molar-refractivity contribution in [2.45, 2.75) is 32.6 Å². The third-order valence-corrected chi connectivity index (χ3v) is 3.53. The number of pyridine rings is 1.